The third-order valence-corrected chi connectivity index (χ3v) is 5.26. The number of likely N-dealkylation sites (tertiary alicyclic amines) is 1. The maximum absolute atomic E-state index is 12.7. The minimum Gasteiger partial charge on any atom is -0.338 e. The van der Waals surface area contributed by atoms with E-state index in [2.05, 4.69) is 4.98 Å². The molecule has 0 aliphatic carbocycles. The Morgan fingerprint density at radius 3 is 2.71 bits per heavy atom. The molecule has 1 aromatic carbocycles. The van der Waals surface area contributed by atoms with Gasteiger partial charge in [-0.1, -0.05) is 30.3 Å². The molecule has 2 atom stereocenters. The molecule has 1 aliphatic heterocycles. The smallest absolute Gasteiger partial charge is 0.265 e. The molecule has 4 nitrogen and oxygen atoms in total. The van der Waals surface area contributed by atoms with Crippen molar-refractivity contribution in [2.75, 3.05) is 13.1 Å². The summed E-state index contributed by atoms with van der Waals surface area (Å²) in [5.74, 6) is 0.490. The highest BCUT2D eigenvalue weighted by molar-refractivity contribution is 7.16. The van der Waals surface area contributed by atoms with Crippen LogP contribution >= 0.6 is 36.2 Å². The van der Waals surface area contributed by atoms with Gasteiger partial charge in [-0.05, 0) is 25.7 Å². The number of nitrogens with zero attached hydrogens (tertiary/aromatic N) is 2. The van der Waals surface area contributed by atoms with Gasteiger partial charge in [0.25, 0.3) is 5.91 Å². The van der Waals surface area contributed by atoms with E-state index in [4.69, 9.17) is 5.73 Å². The molecule has 2 unspecified atom stereocenters. The van der Waals surface area contributed by atoms with Gasteiger partial charge in [0.15, 0.2) is 0 Å². The number of aromatic nitrogens is 1. The molecule has 24 heavy (non-hydrogen) atoms. The minimum atomic E-state index is 0. The van der Waals surface area contributed by atoms with Crippen LogP contribution in [0.25, 0.3) is 10.6 Å². The highest BCUT2D eigenvalue weighted by Gasteiger charge is 2.27. The van der Waals surface area contributed by atoms with Gasteiger partial charge in [0, 0.05) is 24.7 Å². The van der Waals surface area contributed by atoms with E-state index in [1.54, 1.807) is 6.20 Å². The summed E-state index contributed by atoms with van der Waals surface area (Å²) < 4.78 is 0. The lowest BCUT2D eigenvalue weighted by molar-refractivity contribution is 0.0665. The van der Waals surface area contributed by atoms with Crippen LogP contribution in [-0.2, 0) is 0 Å². The first-order valence-corrected chi connectivity index (χ1v) is 8.53. The van der Waals surface area contributed by atoms with Crippen molar-refractivity contribution in [3.05, 3.63) is 41.4 Å². The molecule has 1 amide bonds. The molecule has 0 saturated carbocycles. The lowest BCUT2D eigenvalue weighted by Crippen LogP contribution is -2.44. The topological polar surface area (TPSA) is 59.2 Å². The number of amides is 1. The van der Waals surface area contributed by atoms with Crippen molar-refractivity contribution in [1.82, 2.24) is 9.88 Å². The first-order chi connectivity index (χ1) is 10.6. The Bertz CT molecular complexity index is 648. The molecule has 0 radical (unpaired) electrons. The maximum atomic E-state index is 12.7. The highest BCUT2D eigenvalue weighted by atomic mass is 35.5. The van der Waals surface area contributed by atoms with Crippen molar-refractivity contribution in [2.45, 2.75) is 25.8 Å². The van der Waals surface area contributed by atoms with E-state index in [0.717, 1.165) is 36.5 Å². The normalized spacial score (nSPS) is 18.2. The summed E-state index contributed by atoms with van der Waals surface area (Å²) in [7, 11) is 0. The van der Waals surface area contributed by atoms with E-state index in [0.29, 0.717) is 10.8 Å². The predicted octanol–water partition coefficient (Wildman–Crippen LogP) is 3.85. The zero-order chi connectivity index (χ0) is 15.5. The summed E-state index contributed by atoms with van der Waals surface area (Å²) in [6.45, 7) is 3.61. The van der Waals surface area contributed by atoms with Crippen LogP contribution in [0.15, 0.2) is 36.5 Å². The third-order valence-electron chi connectivity index (χ3n) is 4.23. The molecule has 132 valence electrons. The molecule has 0 spiro atoms. The summed E-state index contributed by atoms with van der Waals surface area (Å²) in [6.07, 6.45) is 3.84. The average molecular weight is 388 g/mol. The molecule has 3 rings (SSSR count). The van der Waals surface area contributed by atoms with Gasteiger partial charge in [0.2, 0.25) is 0 Å². The zero-order valence-electron chi connectivity index (χ0n) is 13.6. The summed E-state index contributed by atoms with van der Waals surface area (Å²) >= 11 is 1.46. The maximum Gasteiger partial charge on any atom is 0.265 e. The van der Waals surface area contributed by atoms with Gasteiger partial charge < -0.3 is 10.6 Å². The first-order valence-electron chi connectivity index (χ1n) is 7.71. The summed E-state index contributed by atoms with van der Waals surface area (Å²) in [5, 5.41) is 0.893. The van der Waals surface area contributed by atoms with Crippen LogP contribution in [0.2, 0.25) is 0 Å². The van der Waals surface area contributed by atoms with E-state index in [1.807, 2.05) is 42.2 Å². The molecule has 1 aromatic heterocycles. The predicted molar refractivity (Wildman–Crippen MR) is 104 cm³/mol. The summed E-state index contributed by atoms with van der Waals surface area (Å²) in [4.78, 5) is 19.7. The van der Waals surface area contributed by atoms with E-state index in [1.165, 1.54) is 11.3 Å². The summed E-state index contributed by atoms with van der Waals surface area (Å²) in [5.41, 5.74) is 7.05. The monoisotopic (exact) mass is 387 g/mol. The Morgan fingerprint density at radius 1 is 1.33 bits per heavy atom. The van der Waals surface area contributed by atoms with Crippen LogP contribution in [0.1, 0.15) is 29.4 Å². The molecule has 7 heteroatoms. The standard InChI is InChI=1S/C17H21N3OS.2ClH/c1-12(18)14-8-5-9-20(11-14)17(21)15-10-19-16(22-15)13-6-3-2-4-7-13;;/h2-4,6-7,10,12,14H,5,8-9,11,18H2,1H3;2*1H. The number of carbonyl (C=O) groups excluding carboxylic acids is 1. The molecule has 0 bridgehead atoms. The van der Waals surface area contributed by atoms with Crippen LogP contribution in [0.3, 0.4) is 0 Å². The fraction of sp³-hybridized carbons (Fsp3) is 0.412. The van der Waals surface area contributed by atoms with Crippen LogP contribution in [0.4, 0.5) is 0 Å². The van der Waals surface area contributed by atoms with E-state index < -0.39 is 0 Å². The van der Waals surface area contributed by atoms with E-state index >= 15 is 0 Å². The van der Waals surface area contributed by atoms with Gasteiger partial charge in [-0.15, -0.1) is 36.2 Å². The molecule has 2 heterocycles. The Labute approximate surface area is 159 Å². The molecular weight excluding hydrogens is 365 g/mol. The van der Waals surface area contributed by atoms with Gasteiger partial charge in [0.1, 0.15) is 9.88 Å². The zero-order valence-corrected chi connectivity index (χ0v) is 16.0. The second-order valence-corrected chi connectivity index (χ2v) is 6.94. The third kappa shape index (κ3) is 4.70. The Hall–Kier alpha value is -1.14. The van der Waals surface area contributed by atoms with Crippen LogP contribution in [-0.4, -0.2) is 34.9 Å². The Balaban J connectivity index is 0.00000144. The lowest BCUT2D eigenvalue weighted by atomic mass is 9.92. The molecule has 2 N–H and O–H groups in total. The molecule has 2 aromatic rings. The van der Waals surface area contributed by atoms with Gasteiger partial charge in [-0.2, -0.15) is 0 Å². The van der Waals surface area contributed by atoms with Crippen molar-refractivity contribution >= 4 is 42.1 Å². The minimum absolute atomic E-state index is 0. The second-order valence-electron chi connectivity index (χ2n) is 5.91. The van der Waals surface area contributed by atoms with Gasteiger partial charge >= 0.3 is 0 Å². The van der Waals surface area contributed by atoms with Gasteiger partial charge in [0.05, 0.1) is 6.20 Å². The Kier molecular flexibility index (Phi) is 8.16. The number of nitrogens with two attached hydrogens (primary N) is 1. The molecule has 1 saturated heterocycles. The number of thiazole rings is 1. The van der Waals surface area contributed by atoms with Crippen molar-refractivity contribution in [3.8, 4) is 10.6 Å². The summed E-state index contributed by atoms with van der Waals surface area (Å²) in [6, 6.07) is 10.1. The molecule has 1 fully saturated rings. The van der Waals surface area contributed by atoms with Gasteiger partial charge in [-0.25, -0.2) is 4.98 Å². The highest BCUT2D eigenvalue weighted by Crippen LogP contribution is 2.27. The van der Waals surface area contributed by atoms with Crippen LogP contribution in [0, 0.1) is 5.92 Å². The molecular formula is C17H23Cl2N3OS. The number of benzene rings is 1. The van der Waals surface area contributed by atoms with Crippen molar-refractivity contribution < 1.29 is 4.79 Å². The second kappa shape index (κ2) is 9.37. The van der Waals surface area contributed by atoms with Gasteiger partial charge in [-0.3, -0.25) is 4.79 Å². The molecule has 1 aliphatic rings. The van der Waals surface area contributed by atoms with Crippen molar-refractivity contribution in [1.29, 1.82) is 0 Å². The lowest BCUT2D eigenvalue weighted by Gasteiger charge is -2.34. The first kappa shape index (κ1) is 20.9. The number of halogens is 2. The number of hydrogen-bond acceptors (Lipinski definition) is 4. The fourth-order valence-electron chi connectivity index (χ4n) is 2.87. The number of hydrogen-bond donors (Lipinski definition) is 1. The van der Waals surface area contributed by atoms with E-state index in [9.17, 15) is 4.79 Å². The van der Waals surface area contributed by atoms with Crippen LogP contribution in [0.5, 0.6) is 0 Å². The van der Waals surface area contributed by atoms with E-state index in [-0.39, 0.29) is 36.8 Å². The average Bonchev–Trinajstić information content (AvgIpc) is 3.05. The SMILES string of the molecule is CC(N)C1CCCN(C(=O)c2cnc(-c3ccccc3)s2)C1.Cl.Cl. The quantitative estimate of drug-likeness (QED) is 0.869. The van der Waals surface area contributed by atoms with Crippen LogP contribution < -0.4 is 5.73 Å². The largest absolute Gasteiger partial charge is 0.338 e. The number of piperidine rings is 1. The Morgan fingerprint density at radius 2 is 2.04 bits per heavy atom. The van der Waals surface area contributed by atoms with Crippen molar-refractivity contribution in [3.63, 3.8) is 0 Å². The van der Waals surface area contributed by atoms with Crippen molar-refractivity contribution in [2.24, 2.45) is 11.7 Å². The number of rotatable bonds is 3. The number of carbonyl (C=O) groups is 1. The fourth-order valence-corrected chi connectivity index (χ4v) is 3.76.